The second-order valence-electron chi connectivity index (χ2n) is 6.08. The van der Waals surface area contributed by atoms with Crippen LogP contribution in [0.5, 0.6) is 0 Å². The number of hydroxylamine groups is 1. The number of nitrogens with one attached hydrogen (secondary N) is 1. The molecule has 0 aliphatic carbocycles. The first-order valence-electron chi connectivity index (χ1n) is 8.51. The van der Waals surface area contributed by atoms with E-state index in [0.717, 1.165) is 25.2 Å². The van der Waals surface area contributed by atoms with Crippen LogP contribution in [0.4, 0.5) is 0 Å². The van der Waals surface area contributed by atoms with Gasteiger partial charge in [0.25, 0.3) is 0 Å². The van der Waals surface area contributed by atoms with Gasteiger partial charge in [-0.1, -0.05) is 60.7 Å². The zero-order chi connectivity index (χ0) is 16.9. The maximum Gasteiger partial charge on any atom is 0.127 e. The average Bonchev–Trinajstić information content (AvgIpc) is 3.33. The van der Waals surface area contributed by atoms with E-state index in [1.807, 2.05) is 12.1 Å². The fourth-order valence-corrected chi connectivity index (χ4v) is 3.87. The van der Waals surface area contributed by atoms with Crippen LogP contribution in [0.3, 0.4) is 0 Å². The summed E-state index contributed by atoms with van der Waals surface area (Å²) in [6.45, 7) is 0.780. The van der Waals surface area contributed by atoms with Crippen molar-refractivity contribution in [2.24, 2.45) is 4.99 Å². The minimum absolute atomic E-state index is 0.0536. The van der Waals surface area contributed by atoms with Crippen molar-refractivity contribution >= 4 is 17.2 Å². The van der Waals surface area contributed by atoms with Crippen LogP contribution in [0, 0.1) is 0 Å². The molecular weight excluding hydrogens is 328 g/mol. The lowest BCUT2D eigenvalue weighted by molar-refractivity contribution is 0.0470. The van der Waals surface area contributed by atoms with Crippen LogP contribution >= 0.6 is 11.3 Å². The molecule has 1 atom stereocenters. The van der Waals surface area contributed by atoms with E-state index >= 15 is 0 Å². The fourth-order valence-electron chi connectivity index (χ4n) is 2.92. The number of rotatable bonds is 5. The Bertz CT molecular complexity index is 843. The molecule has 0 spiro atoms. The van der Waals surface area contributed by atoms with Gasteiger partial charge in [0.1, 0.15) is 11.9 Å². The summed E-state index contributed by atoms with van der Waals surface area (Å²) in [7, 11) is 0. The van der Waals surface area contributed by atoms with Crippen LogP contribution in [0.15, 0.2) is 77.1 Å². The molecule has 2 heterocycles. The monoisotopic (exact) mass is 348 g/mol. The fraction of sp³-hybridized carbons (Fsp3) is 0.190. The van der Waals surface area contributed by atoms with E-state index in [1.54, 1.807) is 11.3 Å². The van der Waals surface area contributed by atoms with E-state index in [1.165, 1.54) is 21.6 Å². The highest BCUT2D eigenvalue weighted by Crippen LogP contribution is 2.34. The van der Waals surface area contributed by atoms with Crippen molar-refractivity contribution in [3.63, 3.8) is 0 Å². The first-order valence-corrected chi connectivity index (χ1v) is 9.39. The maximum absolute atomic E-state index is 5.73. The molecule has 1 aromatic heterocycles. The number of nitrogens with zero attached hydrogens (tertiary/aromatic N) is 1. The quantitative estimate of drug-likeness (QED) is 0.702. The molecule has 0 bridgehead atoms. The number of hydrogen-bond acceptors (Lipinski definition) is 3. The molecule has 25 heavy (non-hydrogen) atoms. The minimum Gasteiger partial charge on any atom is -0.270 e. The molecule has 0 radical (unpaired) electrons. The summed E-state index contributed by atoms with van der Waals surface area (Å²) in [5.74, 6) is 0.940. The van der Waals surface area contributed by atoms with Crippen LogP contribution in [-0.2, 0) is 11.3 Å². The van der Waals surface area contributed by atoms with Crippen molar-refractivity contribution in [1.29, 1.82) is 0 Å². The van der Waals surface area contributed by atoms with Gasteiger partial charge in [-0.05, 0) is 34.6 Å². The lowest BCUT2D eigenvalue weighted by Gasteiger charge is -2.02. The SMILES string of the molecule is c1ccc(CCN=C2CC(c3cc(-c4ccccc4)cs3)ON2)cc1. The second kappa shape index (κ2) is 7.64. The van der Waals surface area contributed by atoms with Crippen molar-refractivity contribution in [3.05, 3.63) is 82.6 Å². The van der Waals surface area contributed by atoms with Gasteiger partial charge in [-0.2, -0.15) is 0 Å². The van der Waals surface area contributed by atoms with E-state index in [0.29, 0.717) is 0 Å². The minimum atomic E-state index is 0.0536. The highest BCUT2D eigenvalue weighted by molar-refractivity contribution is 7.10. The number of hydrogen-bond donors (Lipinski definition) is 1. The summed E-state index contributed by atoms with van der Waals surface area (Å²) in [5.41, 5.74) is 6.80. The van der Waals surface area contributed by atoms with Crippen LogP contribution in [0.2, 0.25) is 0 Å². The van der Waals surface area contributed by atoms with E-state index in [2.05, 4.69) is 70.4 Å². The van der Waals surface area contributed by atoms with Crippen molar-refractivity contribution in [2.75, 3.05) is 6.54 Å². The Kier molecular flexibility index (Phi) is 4.91. The highest BCUT2D eigenvalue weighted by atomic mass is 32.1. The molecule has 1 aliphatic rings. The number of thiophene rings is 1. The molecule has 2 aromatic carbocycles. The van der Waals surface area contributed by atoms with Crippen LogP contribution in [0.1, 0.15) is 23.0 Å². The molecule has 4 rings (SSSR count). The molecule has 1 fully saturated rings. The Morgan fingerprint density at radius 3 is 2.56 bits per heavy atom. The van der Waals surface area contributed by atoms with Gasteiger partial charge in [0, 0.05) is 17.8 Å². The van der Waals surface area contributed by atoms with Crippen molar-refractivity contribution in [3.8, 4) is 11.1 Å². The van der Waals surface area contributed by atoms with Crippen molar-refractivity contribution < 1.29 is 4.84 Å². The Hall–Kier alpha value is -2.43. The molecule has 1 N–H and O–H groups in total. The average molecular weight is 348 g/mol. The summed E-state index contributed by atoms with van der Waals surface area (Å²) in [6.07, 6.45) is 1.81. The summed E-state index contributed by atoms with van der Waals surface area (Å²) in [6, 6.07) is 23.1. The molecule has 3 nitrogen and oxygen atoms in total. The summed E-state index contributed by atoms with van der Waals surface area (Å²) in [5, 5.41) is 2.19. The van der Waals surface area contributed by atoms with Crippen LogP contribution in [0.25, 0.3) is 11.1 Å². The van der Waals surface area contributed by atoms with Gasteiger partial charge in [0.2, 0.25) is 0 Å². The molecular formula is C21H20N2OS. The smallest absolute Gasteiger partial charge is 0.127 e. The number of amidine groups is 1. The van der Waals surface area contributed by atoms with Gasteiger partial charge in [-0.3, -0.25) is 15.3 Å². The molecule has 1 aliphatic heterocycles. The normalized spacial score (nSPS) is 18.4. The largest absolute Gasteiger partial charge is 0.270 e. The van der Waals surface area contributed by atoms with E-state index in [4.69, 9.17) is 4.84 Å². The Balaban J connectivity index is 1.36. The lowest BCUT2D eigenvalue weighted by Crippen LogP contribution is -2.13. The van der Waals surface area contributed by atoms with Crippen LogP contribution in [-0.4, -0.2) is 12.4 Å². The van der Waals surface area contributed by atoms with Gasteiger partial charge >= 0.3 is 0 Å². The summed E-state index contributed by atoms with van der Waals surface area (Å²) in [4.78, 5) is 11.6. The second-order valence-corrected chi connectivity index (χ2v) is 7.02. The third-order valence-corrected chi connectivity index (χ3v) is 5.31. The predicted octanol–water partition coefficient (Wildman–Crippen LogP) is 5.02. The predicted molar refractivity (Wildman–Crippen MR) is 104 cm³/mol. The molecule has 126 valence electrons. The Labute approximate surface area is 152 Å². The molecule has 0 amide bonds. The Morgan fingerprint density at radius 2 is 1.76 bits per heavy atom. The molecule has 4 heteroatoms. The van der Waals surface area contributed by atoms with Crippen LogP contribution < -0.4 is 5.48 Å². The van der Waals surface area contributed by atoms with Gasteiger partial charge in [0.15, 0.2) is 0 Å². The first kappa shape index (κ1) is 16.1. The van der Waals surface area contributed by atoms with E-state index < -0.39 is 0 Å². The maximum atomic E-state index is 5.73. The molecule has 0 saturated carbocycles. The summed E-state index contributed by atoms with van der Waals surface area (Å²) < 4.78 is 0. The topological polar surface area (TPSA) is 33.6 Å². The van der Waals surface area contributed by atoms with Gasteiger partial charge in [0.05, 0.1) is 0 Å². The first-order chi connectivity index (χ1) is 12.4. The highest BCUT2D eigenvalue weighted by Gasteiger charge is 2.24. The third-order valence-electron chi connectivity index (χ3n) is 4.29. The zero-order valence-electron chi connectivity index (χ0n) is 13.9. The molecule has 1 unspecified atom stereocenters. The summed E-state index contributed by atoms with van der Waals surface area (Å²) >= 11 is 1.74. The standard InChI is InChI=1S/C21H20N2OS/c1-3-7-16(8-4-1)11-12-22-21-14-19(24-23-21)20-13-18(15-25-20)17-9-5-2-6-10-17/h1-10,13,15,19H,11-12,14H2,(H,22,23). The van der Waals surface area contributed by atoms with Crippen molar-refractivity contribution in [1.82, 2.24) is 5.48 Å². The number of aliphatic imine (C=N–C) groups is 1. The van der Waals surface area contributed by atoms with Gasteiger partial charge in [-0.15, -0.1) is 11.3 Å². The molecule has 1 saturated heterocycles. The van der Waals surface area contributed by atoms with Gasteiger partial charge in [-0.25, -0.2) is 0 Å². The number of benzene rings is 2. The van der Waals surface area contributed by atoms with E-state index in [9.17, 15) is 0 Å². The van der Waals surface area contributed by atoms with Gasteiger partial charge < -0.3 is 0 Å². The lowest BCUT2D eigenvalue weighted by atomic mass is 10.1. The van der Waals surface area contributed by atoms with E-state index in [-0.39, 0.29) is 6.10 Å². The molecule has 3 aromatic rings. The van der Waals surface area contributed by atoms with Crippen molar-refractivity contribution in [2.45, 2.75) is 18.9 Å². The Morgan fingerprint density at radius 1 is 1.00 bits per heavy atom. The third kappa shape index (κ3) is 3.98. The zero-order valence-corrected chi connectivity index (χ0v) is 14.7.